The summed E-state index contributed by atoms with van der Waals surface area (Å²) < 4.78 is 5.98. The molecule has 28 heavy (non-hydrogen) atoms. The van der Waals surface area contributed by atoms with Gasteiger partial charge in [-0.1, -0.05) is 66.7 Å². The number of benzene rings is 3. The summed E-state index contributed by atoms with van der Waals surface area (Å²) >= 11 is 0. The van der Waals surface area contributed by atoms with Gasteiger partial charge in [0.15, 0.2) is 6.10 Å². The second-order valence-corrected chi connectivity index (χ2v) is 7.24. The Hall–Kier alpha value is -3.07. The molecule has 3 heteroatoms. The first-order valence-electron chi connectivity index (χ1n) is 9.60. The van der Waals surface area contributed by atoms with Crippen molar-refractivity contribution in [1.82, 2.24) is 5.32 Å². The summed E-state index contributed by atoms with van der Waals surface area (Å²) in [6, 6.07) is 24.0. The molecular weight excluding hydrogens is 346 g/mol. The quantitative estimate of drug-likeness (QED) is 0.638. The molecule has 3 aromatic rings. The highest BCUT2D eigenvalue weighted by Gasteiger charge is 2.23. The summed E-state index contributed by atoms with van der Waals surface area (Å²) in [5.74, 6) is 0.604. The predicted molar refractivity (Wildman–Crippen MR) is 114 cm³/mol. The normalized spacial score (nSPS) is 12.9. The first-order valence-corrected chi connectivity index (χ1v) is 9.60. The van der Waals surface area contributed by atoms with E-state index < -0.39 is 6.10 Å². The van der Waals surface area contributed by atoms with E-state index in [1.807, 2.05) is 74.5 Å². The number of hydrogen-bond acceptors (Lipinski definition) is 2. The number of ether oxygens (including phenoxy) is 1. The number of hydrogen-bond donors (Lipinski definition) is 1. The lowest BCUT2D eigenvalue weighted by atomic mass is 9.95. The van der Waals surface area contributed by atoms with Gasteiger partial charge in [0.2, 0.25) is 0 Å². The van der Waals surface area contributed by atoms with Crippen LogP contribution in [0.25, 0.3) is 0 Å². The smallest absolute Gasteiger partial charge is 0.261 e. The van der Waals surface area contributed by atoms with E-state index in [9.17, 15) is 4.79 Å². The Labute approximate surface area is 167 Å². The van der Waals surface area contributed by atoms with Crippen molar-refractivity contribution in [3.05, 3.63) is 101 Å². The van der Waals surface area contributed by atoms with Crippen molar-refractivity contribution < 1.29 is 9.53 Å². The fourth-order valence-corrected chi connectivity index (χ4v) is 3.23. The van der Waals surface area contributed by atoms with E-state index in [1.54, 1.807) is 6.92 Å². The Morgan fingerprint density at radius 2 is 1.54 bits per heavy atom. The van der Waals surface area contributed by atoms with Gasteiger partial charge in [-0.3, -0.25) is 4.79 Å². The number of rotatable bonds is 6. The van der Waals surface area contributed by atoms with Crippen LogP contribution in [0.2, 0.25) is 0 Å². The molecule has 0 saturated carbocycles. The summed E-state index contributed by atoms with van der Waals surface area (Å²) in [5.41, 5.74) is 5.39. The molecule has 0 aliphatic carbocycles. The third-order valence-electron chi connectivity index (χ3n) is 4.94. The average molecular weight is 373 g/mol. The number of carbonyl (C=O) groups is 1. The van der Waals surface area contributed by atoms with E-state index in [0.29, 0.717) is 0 Å². The van der Waals surface area contributed by atoms with Gasteiger partial charge in [-0.15, -0.1) is 0 Å². The van der Waals surface area contributed by atoms with Gasteiger partial charge in [-0.25, -0.2) is 0 Å². The Morgan fingerprint density at radius 1 is 0.857 bits per heavy atom. The minimum Gasteiger partial charge on any atom is -0.481 e. The molecule has 0 spiro atoms. The zero-order chi connectivity index (χ0) is 20.1. The standard InChI is InChI=1S/C25H27NO2/c1-17-14-15-19(3)23(16-17)28-20(4)25(27)26-24(21-11-6-5-7-12-21)22-13-9-8-10-18(22)2/h5-16,20,24H,1-4H3,(H,26,27)/t20-,24+/m0/s1. The van der Waals surface area contributed by atoms with Gasteiger partial charge < -0.3 is 10.1 Å². The maximum absolute atomic E-state index is 13.0. The molecule has 144 valence electrons. The van der Waals surface area contributed by atoms with Crippen molar-refractivity contribution in [3.8, 4) is 5.75 Å². The first-order chi connectivity index (χ1) is 13.5. The summed E-state index contributed by atoms with van der Waals surface area (Å²) in [7, 11) is 0. The zero-order valence-corrected chi connectivity index (χ0v) is 16.9. The molecule has 0 heterocycles. The van der Waals surface area contributed by atoms with E-state index in [1.165, 1.54) is 0 Å². The minimum absolute atomic E-state index is 0.141. The fourth-order valence-electron chi connectivity index (χ4n) is 3.23. The van der Waals surface area contributed by atoms with Crippen LogP contribution >= 0.6 is 0 Å². The van der Waals surface area contributed by atoms with Crippen molar-refractivity contribution in [1.29, 1.82) is 0 Å². The van der Waals surface area contributed by atoms with Crippen LogP contribution in [0, 0.1) is 20.8 Å². The number of amides is 1. The van der Waals surface area contributed by atoms with Gasteiger partial charge in [-0.2, -0.15) is 0 Å². The molecule has 3 rings (SSSR count). The number of aryl methyl sites for hydroxylation is 3. The van der Waals surface area contributed by atoms with Crippen LogP contribution in [0.1, 0.15) is 40.8 Å². The lowest BCUT2D eigenvalue weighted by Gasteiger charge is -2.24. The molecule has 3 nitrogen and oxygen atoms in total. The molecule has 2 atom stereocenters. The highest BCUT2D eigenvalue weighted by molar-refractivity contribution is 5.81. The zero-order valence-electron chi connectivity index (χ0n) is 16.9. The van der Waals surface area contributed by atoms with Gasteiger partial charge in [-0.05, 0) is 61.6 Å². The molecule has 0 aromatic heterocycles. The van der Waals surface area contributed by atoms with E-state index in [0.717, 1.165) is 33.6 Å². The van der Waals surface area contributed by atoms with Gasteiger partial charge in [0, 0.05) is 0 Å². The predicted octanol–water partition coefficient (Wildman–Crippen LogP) is 5.28. The Morgan fingerprint density at radius 3 is 2.25 bits per heavy atom. The Bertz CT molecular complexity index is 950. The molecule has 3 aromatic carbocycles. The summed E-state index contributed by atoms with van der Waals surface area (Å²) in [4.78, 5) is 13.0. The summed E-state index contributed by atoms with van der Waals surface area (Å²) in [6.07, 6.45) is -0.601. The molecule has 0 radical (unpaired) electrons. The molecule has 0 aliphatic rings. The van der Waals surface area contributed by atoms with Crippen LogP contribution in [0.5, 0.6) is 5.75 Å². The molecule has 0 aliphatic heterocycles. The van der Waals surface area contributed by atoms with Gasteiger partial charge in [0.1, 0.15) is 5.75 Å². The lowest BCUT2D eigenvalue weighted by Crippen LogP contribution is -2.39. The third-order valence-corrected chi connectivity index (χ3v) is 4.94. The van der Waals surface area contributed by atoms with Gasteiger partial charge in [0.25, 0.3) is 5.91 Å². The van der Waals surface area contributed by atoms with Crippen molar-refractivity contribution in [2.75, 3.05) is 0 Å². The number of carbonyl (C=O) groups excluding carboxylic acids is 1. The third kappa shape index (κ3) is 4.61. The van der Waals surface area contributed by atoms with E-state index in [4.69, 9.17) is 4.74 Å². The largest absolute Gasteiger partial charge is 0.481 e. The summed E-state index contributed by atoms with van der Waals surface area (Å²) in [5, 5.41) is 3.18. The first kappa shape index (κ1) is 19.7. The van der Waals surface area contributed by atoms with Crippen molar-refractivity contribution >= 4 is 5.91 Å². The molecule has 0 saturated heterocycles. The van der Waals surface area contributed by atoms with Crippen LogP contribution < -0.4 is 10.1 Å². The molecule has 0 fully saturated rings. The molecular formula is C25H27NO2. The van der Waals surface area contributed by atoms with Gasteiger partial charge in [0.05, 0.1) is 6.04 Å². The van der Waals surface area contributed by atoms with Crippen molar-refractivity contribution in [2.24, 2.45) is 0 Å². The topological polar surface area (TPSA) is 38.3 Å². The second-order valence-electron chi connectivity index (χ2n) is 7.24. The van der Waals surface area contributed by atoms with Crippen LogP contribution in [-0.4, -0.2) is 12.0 Å². The van der Waals surface area contributed by atoms with Crippen LogP contribution in [0.3, 0.4) is 0 Å². The SMILES string of the molecule is Cc1ccc(C)c(O[C@@H](C)C(=O)N[C@H](c2ccccc2)c2ccccc2C)c1. The molecule has 0 unspecified atom stereocenters. The van der Waals surface area contributed by atoms with Crippen LogP contribution in [-0.2, 0) is 4.79 Å². The van der Waals surface area contributed by atoms with Crippen LogP contribution in [0.15, 0.2) is 72.8 Å². The maximum Gasteiger partial charge on any atom is 0.261 e. The minimum atomic E-state index is -0.601. The van der Waals surface area contributed by atoms with Crippen molar-refractivity contribution in [3.63, 3.8) is 0 Å². The number of nitrogens with one attached hydrogen (secondary N) is 1. The fraction of sp³-hybridized carbons (Fsp3) is 0.240. The lowest BCUT2D eigenvalue weighted by molar-refractivity contribution is -0.127. The Balaban J connectivity index is 1.83. The van der Waals surface area contributed by atoms with Crippen LogP contribution in [0.4, 0.5) is 0 Å². The second kappa shape index (κ2) is 8.75. The van der Waals surface area contributed by atoms with Gasteiger partial charge >= 0.3 is 0 Å². The molecule has 0 bridgehead atoms. The highest BCUT2D eigenvalue weighted by Crippen LogP contribution is 2.26. The van der Waals surface area contributed by atoms with E-state index >= 15 is 0 Å². The molecule has 1 amide bonds. The molecule has 1 N–H and O–H groups in total. The summed E-state index contributed by atoms with van der Waals surface area (Å²) in [6.45, 7) is 7.85. The maximum atomic E-state index is 13.0. The monoisotopic (exact) mass is 373 g/mol. The van der Waals surface area contributed by atoms with Crippen molar-refractivity contribution in [2.45, 2.75) is 39.8 Å². The average Bonchev–Trinajstić information content (AvgIpc) is 2.70. The highest BCUT2D eigenvalue weighted by atomic mass is 16.5. The van der Waals surface area contributed by atoms with E-state index in [-0.39, 0.29) is 11.9 Å². The Kier molecular flexibility index (Phi) is 6.15. The van der Waals surface area contributed by atoms with E-state index in [2.05, 4.69) is 24.4 Å².